The van der Waals surface area contributed by atoms with E-state index in [1.54, 1.807) is 0 Å². The Morgan fingerprint density at radius 1 is 0.815 bits per heavy atom. The molecule has 0 spiro atoms. The summed E-state index contributed by atoms with van der Waals surface area (Å²) in [4.78, 5) is 10.6. The molecule has 1 rings (SSSR count). The van der Waals surface area contributed by atoms with Gasteiger partial charge in [0.1, 0.15) is 12.4 Å². The van der Waals surface area contributed by atoms with E-state index in [-0.39, 0.29) is 5.91 Å². The summed E-state index contributed by atoms with van der Waals surface area (Å²) in [7, 11) is 2.11. The van der Waals surface area contributed by atoms with Crippen molar-refractivity contribution in [1.82, 2.24) is 4.57 Å². The van der Waals surface area contributed by atoms with E-state index in [0.29, 0.717) is 6.42 Å². The molecule has 0 fully saturated rings. The number of aromatic nitrogens is 2. The maximum atomic E-state index is 10.6. The first-order valence-electron chi connectivity index (χ1n) is 11.4. The minimum atomic E-state index is -0.156. The van der Waals surface area contributed by atoms with E-state index in [1.165, 1.54) is 89.3 Å². The van der Waals surface area contributed by atoms with Gasteiger partial charge in [0.15, 0.2) is 0 Å². The summed E-state index contributed by atoms with van der Waals surface area (Å²) < 4.78 is 4.55. The van der Waals surface area contributed by atoms with Gasteiger partial charge in [0, 0.05) is 13.3 Å². The first kappa shape index (κ1) is 23.7. The van der Waals surface area contributed by atoms with E-state index in [9.17, 15) is 4.79 Å². The number of hydrogen-bond donors (Lipinski definition) is 1. The SMILES string of the molecule is Cc1n(CCCCCCCCCCCCCCCCCC(N)=O)cc[n+]1C. The monoisotopic (exact) mass is 378 g/mol. The molecular weight excluding hydrogens is 334 g/mol. The molecule has 0 aliphatic carbocycles. The fraction of sp³-hybridized carbons (Fsp3) is 0.826. The van der Waals surface area contributed by atoms with Gasteiger partial charge >= 0.3 is 0 Å². The van der Waals surface area contributed by atoms with Crippen LogP contribution in [0.2, 0.25) is 0 Å². The first-order valence-corrected chi connectivity index (χ1v) is 11.4. The summed E-state index contributed by atoms with van der Waals surface area (Å²) in [6, 6.07) is 0. The van der Waals surface area contributed by atoms with Crippen LogP contribution in [0.3, 0.4) is 0 Å². The summed E-state index contributed by atoms with van der Waals surface area (Å²) in [6.45, 7) is 3.35. The molecule has 27 heavy (non-hydrogen) atoms. The molecule has 0 aliphatic heterocycles. The smallest absolute Gasteiger partial charge is 0.253 e. The minimum Gasteiger partial charge on any atom is -0.370 e. The molecule has 0 unspecified atom stereocenters. The molecule has 1 amide bonds. The van der Waals surface area contributed by atoms with Crippen LogP contribution >= 0.6 is 0 Å². The molecule has 1 aromatic heterocycles. The molecule has 0 bridgehead atoms. The van der Waals surface area contributed by atoms with Gasteiger partial charge in [0.2, 0.25) is 5.91 Å². The lowest BCUT2D eigenvalue weighted by atomic mass is 10.0. The van der Waals surface area contributed by atoms with Crippen LogP contribution in [0.15, 0.2) is 12.4 Å². The standard InChI is InChI=1S/C23H43N3O/c1-22-25(2)20-21-26(22)19-17-15-13-11-9-7-5-3-4-6-8-10-12-14-16-18-23(24)27/h20-21H,3-19H2,1-2H3,(H-,24,27)/p+1. The quantitative estimate of drug-likeness (QED) is 0.272. The Morgan fingerprint density at radius 2 is 1.22 bits per heavy atom. The second-order valence-electron chi connectivity index (χ2n) is 8.17. The van der Waals surface area contributed by atoms with Crippen molar-refractivity contribution < 1.29 is 9.36 Å². The van der Waals surface area contributed by atoms with Gasteiger partial charge in [-0.15, -0.1) is 0 Å². The molecule has 0 aromatic carbocycles. The zero-order valence-corrected chi connectivity index (χ0v) is 18.1. The maximum absolute atomic E-state index is 10.6. The number of unbranched alkanes of at least 4 members (excludes halogenated alkanes) is 14. The highest BCUT2D eigenvalue weighted by Crippen LogP contribution is 2.14. The van der Waals surface area contributed by atoms with Gasteiger partial charge < -0.3 is 5.73 Å². The third kappa shape index (κ3) is 12.6. The maximum Gasteiger partial charge on any atom is 0.253 e. The molecule has 1 heterocycles. The lowest BCUT2D eigenvalue weighted by molar-refractivity contribution is -0.677. The van der Waals surface area contributed by atoms with Crippen molar-refractivity contribution in [2.75, 3.05) is 0 Å². The number of nitrogens with two attached hydrogens (primary N) is 1. The van der Waals surface area contributed by atoms with E-state index in [0.717, 1.165) is 19.4 Å². The van der Waals surface area contributed by atoms with Crippen LogP contribution in [0.4, 0.5) is 0 Å². The second kappa shape index (κ2) is 15.7. The molecule has 0 saturated heterocycles. The summed E-state index contributed by atoms with van der Waals surface area (Å²) >= 11 is 0. The molecule has 0 aliphatic rings. The average Bonchev–Trinajstić information content (AvgIpc) is 2.96. The molecule has 1 aromatic rings. The molecule has 2 N–H and O–H groups in total. The normalized spacial score (nSPS) is 11.2. The van der Waals surface area contributed by atoms with Crippen molar-refractivity contribution in [3.8, 4) is 0 Å². The predicted octanol–water partition coefficient (Wildman–Crippen LogP) is 5.35. The summed E-state index contributed by atoms with van der Waals surface area (Å²) in [5.74, 6) is 1.19. The third-order valence-corrected chi connectivity index (χ3v) is 5.72. The van der Waals surface area contributed by atoms with Crippen molar-refractivity contribution in [2.45, 2.75) is 116 Å². The van der Waals surface area contributed by atoms with Crippen molar-refractivity contribution in [1.29, 1.82) is 0 Å². The van der Waals surface area contributed by atoms with Gasteiger partial charge in [0.05, 0.1) is 13.6 Å². The predicted molar refractivity (Wildman–Crippen MR) is 113 cm³/mol. The Morgan fingerprint density at radius 3 is 1.59 bits per heavy atom. The number of amides is 1. The van der Waals surface area contributed by atoms with Crippen LogP contribution in [0.25, 0.3) is 0 Å². The number of carbonyl (C=O) groups excluding carboxylic acids is 1. The van der Waals surface area contributed by atoms with Crippen LogP contribution in [0, 0.1) is 6.92 Å². The van der Waals surface area contributed by atoms with Crippen molar-refractivity contribution in [3.63, 3.8) is 0 Å². The Labute approximate surface area is 167 Å². The van der Waals surface area contributed by atoms with Gasteiger partial charge in [0.25, 0.3) is 5.82 Å². The van der Waals surface area contributed by atoms with E-state index >= 15 is 0 Å². The largest absolute Gasteiger partial charge is 0.370 e. The lowest BCUT2D eigenvalue weighted by Crippen LogP contribution is -2.29. The molecule has 0 radical (unpaired) electrons. The van der Waals surface area contributed by atoms with Gasteiger partial charge in [-0.2, -0.15) is 0 Å². The van der Waals surface area contributed by atoms with Crippen molar-refractivity contribution in [3.05, 3.63) is 18.2 Å². The molecule has 4 heteroatoms. The Hall–Kier alpha value is -1.32. The van der Waals surface area contributed by atoms with E-state index in [1.807, 2.05) is 0 Å². The molecular formula is C23H44N3O+. The number of primary amides is 1. The van der Waals surface area contributed by atoms with Crippen LogP contribution in [0.1, 0.15) is 109 Å². The number of nitrogens with zero attached hydrogens (tertiary/aromatic N) is 2. The lowest BCUT2D eigenvalue weighted by Gasteiger charge is -2.03. The molecule has 4 nitrogen and oxygen atoms in total. The zero-order chi connectivity index (χ0) is 19.7. The fourth-order valence-electron chi connectivity index (χ4n) is 3.71. The van der Waals surface area contributed by atoms with Gasteiger partial charge in [-0.05, 0) is 19.3 Å². The number of carbonyl (C=O) groups is 1. The highest BCUT2D eigenvalue weighted by atomic mass is 16.1. The summed E-state index contributed by atoms with van der Waals surface area (Å²) in [5, 5.41) is 0. The van der Waals surface area contributed by atoms with Gasteiger partial charge in [-0.3, -0.25) is 4.79 Å². The van der Waals surface area contributed by atoms with E-state index in [4.69, 9.17) is 5.73 Å². The Kier molecular flexibility index (Phi) is 13.8. The number of rotatable bonds is 18. The number of imidazole rings is 1. The zero-order valence-electron chi connectivity index (χ0n) is 18.1. The van der Waals surface area contributed by atoms with Crippen LogP contribution in [-0.4, -0.2) is 10.5 Å². The number of hydrogen-bond acceptors (Lipinski definition) is 1. The first-order chi connectivity index (χ1) is 13.1. The van der Waals surface area contributed by atoms with Gasteiger partial charge in [-0.1, -0.05) is 77.0 Å². The highest BCUT2D eigenvalue weighted by molar-refractivity contribution is 5.73. The summed E-state index contributed by atoms with van der Waals surface area (Å²) in [5.41, 5.74) is 5.14. The van der Waals surface area contributed by atoms with Gasteiger partial charge in [-0.25, -0.2) is 9.13 Å². The Balaban J connectivity index is 1.74. The second-order valence-corrected chi connectivity index (χ2v) is 8.17. The van der Waals surface area contributed by atoms with E-state index in [2.05, 4.69) is 35.5 Å². The third-order valence-electron chi connectivity index (χ3n) is 5.72. The Bertz CT molecular complexity index is 496. The van der Waals surface area contributed by atoms with Crippen LogP contribution in [-0.2, 0) is 18.4 Å². The molecule has 0 atom stereocenters. The van der Waals surface area contributed by atoms with Crippen LogP contribution in [0.5, 0.6) is 0 Å². The molecule has 0 saturated carbocycles. The van der Waals surface area contributed by atoms with Crippen molar-refractivity contribution >= 4 is 5.91 Å². The molecule has 156 valence electrons. The number of aryl methyl sites for hydroxylation is 2. The average molecular weight is 379 g/mol. The fourth-order valence-corrected chi connectivity index (χ4v) is 3.71. The minimum absolute atomic E-state index is 0.156. The highest BCUT2D eigenvalue weighted by Gasteiger charge is 2.07. The topological polar surface area (TPSA) is 51.9 Å². The van der Waals surface area contributed by atoms with E-state index < -0.39 is 0 Å². The van der Waals surface area contributed by atoms with Crippen molar-refractivity contribution in [2.24, 2.45) is 12.8 Å². The van der Waals surface area contributed by atoms with Crippen LogP contribution < -0.4 is 10.3 Å². The summed E-state index contributed by atoms with van der Waals surface area (Å²) in [6.07, 6.45) is 24.9.